The average molecular weight is 233 g/mol. The van der Waals surface area contributed by atoms with Gasteiger partial charge in [-0.25, -0.2) is 0 Å². The molecule has 17 heavy (non-hydrogen) atoms. The summed E-state index contributed by atoms with van der Waals surface area (Å²) in [6.45, 7) is 10.3. The van der Waals surface area contributed by atoms with E-state index in [9.17, 15) is 5.11 Å². The van der Waals surface area contributed by atoms with Crippen LogP contribution in [0.4, 0.5) is 0 Å². The van der Waals surface area contributed by atoms with Gasteiger partial charge in [0.05, 0.1) is 0 Å². The Morgan fingerprint density at radius 3 is 2.53 bits per heavy atom. The number of rotatable bonds is 2. The van der Waals surface area contributed by atoms with E-state index >= 15 is 0 Å². The normalized spacial score (nSPS) is 25.8. The highest BCUT2D eigenvalue weighted by Gasteiger charge is 2.39. The number of β-amino-alcohol motifs (C(OH)–C–C–N with tert-alkyl or cyclic N) is 1. The smallest absolute Gasteiger partial charge is 0.104 e. The molecule has 1 aromatic carbocycles. The minimum absolute atomic E-state index is 0.509. The van der Waals surface area contributed by atoms with E-state index in [0.29, 0.717) is 6.04 Å². The summed E-state index contributed by atoms with van der Waals surface area (Å²) in [6, 6.07) is 6.85. The third-order valence-corrected chi connectivity index (χ3v) is 3.89. The highest BCUT2D eigenvalue weighted by Crippen LogP contribution is 2.34. The van der Waals surface area contributed by atoms with Gasteiger partial charge in [0.1, 0.15) is 5.60 Å². The number of hydrogen-bond donors (Lipinski definition) is 1. The molecule has 2 nitrogen and oxygen atoms in total. The maximum absolute atomic E-state index is 10.8. The van der Waals surface area contributed by atoms with Crippen LogP contribution in [0.5, 0.6) is 0 Å². The summed E-state index contributed by atoms with van der Waals surface area (Å²) in [5, 5.41) is 10.8. The van der Waals surface area contributed by atoms with Crippen LogP contribution in [0.3, 0.4) is 0 Å². The first kappa shape index (κ1) is 12.6. The molecule has 0 amide bonds. The summed E-state index contributed by atoms with van der Waals surface area (Å²) < 4.78 is 0. The van der Waals surface area contributed by atoms with Crippen LogP contribution in [0.1, 0.15) is 37.0 Å². The molecule has 1 aliphatic rings. The van der Waals surface area contributed by atoms with E-state index in [1.165, 1.54) is 11.1 Å². The Kier molecular flexibility index (Phi) is 3.28. The van der Waals surface area contributed by atoms with Crippen molar-refractivity contribution in [1.82, 2.24) is 4.90 Å². The summed E-state index contributed by atoms with van der Waals surface area (Å²) >= 11 is 0. The van der Waals surface area contributed by atoms with Crippen molar-refractivity contribution in [3.05, 3.63) is 34.9 Å². The first-order valence-electron chi connectivity index (χ1n) is 6.46. The second-order valence-corrected chi connectivity index (χ2v) is 5.66. The zero-order valence-corrected chi connectivity index (χ0v) is 11.3. The number of benzene rings is 1. The lowest BCUT2D eigenvalue weighted by atomic mass is 9.88. The largest absolute Gasteiger partial charge is 0.384 e. The van der Waals surface area contributed by atoms with E-state index in [4.69, 9.17) is 0 Å². The minimum atomic E-state index is -0.651. The highest BCUT2D eigenvalue weighted by atomic mass is 16.3. The monoisotopic (exact) mass is 233 g/mol. The molecule has 0 saturated carbocycles. The summed E-state index contributed by atoms with van der Waals surface area (Å²) in [6.07, 6.45) is 0.842. The molecular weight excluding hydrogens is 210 g/mol. The second-order valence-electron chi connectivity index (χ2n) is 5.66. The van der Waals surface area contributed by atoms with Gasteiger partial charge < -0.3 is 5.11 Å². The third-order valence-electron chi connectivity index (χ3n) is 3.89. The van der Waals surface area contributed by atoms with Crippen molar-refractivity contribution in [3.8, 4) is 0 Å². The molecule has 0 spiro atoms. The molecule has 1 heterocycles. The lowest BCUT2D eigenvalue weighted by molar-refractivity contribution is 0.0419. The summed E-state index contributed by atoms with van der Waals surface area (Å²) in [7, 11) is 0. The van der Waals surface area contributed by atoms with Crippen molar-refractivity contribution in [1.29, 1.82) is 0 Å². The van der Waals surface area contributed by atoms with Crippen LogP contribution in [0, 0.1) is 13.8 Å². The Bertz CT molecular complexity index is 413. The zero-order valence-electron chi connectivity index (χ0n) is 11.3. The Labute approximate surface area is 104 Å². The molecule has 0 aliphatic carbocycles. The summed E-state index contributed by atoms with van der Waals surface area (Å²) in [5.41, 5.74) is 2.92. The molecule has 1 N–H and O–H groups in total. The van der Waals surface area contributed by atoms with Crippen molar-refractivity contribution in [2.75, 3.05) is 13.1 Å². The molecule has 0 aromatic heterocycles. The Hall–Kier alpha value is -0.860. The maximum atomic E-state index is 10.8. The van der Waals surface area contributed by atoms with Gasteiger partial charge in [-0.15, -0.1) is 0 Å². The lowest BCUT2D eigenvalue weighted by Gasteiger charge is -2.27. The second kappa shape index (κ2) is 4.43. The molecule has 1 saturated heterocycles. The quantitative estimate of drug-likeness (QED) is 0.848. The van der Waals surface area contributed by atoms with Crippen LogP contribution >= 0.6 is 0 Å². The standard InChI is InChI=1S/C15H23NO/c1-11(2)16-8-7-15(17,10-16)14-6-5-12(3)9-13(14)4/h5-6,9,11,17H,7-8,10H2,1-4H3. The van der Waals surface area contributed by atoms with Gasteiger partial charge in [0.25, 0.3) is 0 Å². The van der Waals surface area contributed by atoms with Crippen LogP contribution in [-0.4, -0.2) is 29.1 Å². The first-order valence-corrected chi connectivity index (χ1v) is 6.46. The van der Waals surface area contributed by atoms with E-state index in [1.54, 1.807) is 0 Å². The van der Waals surface area contributed by atoms with E-state index in [1.807, 2.05) is 0 Å². The number of nitrogens with zero attached hydrogens (tertiary/aromatic N) is 1. The summed E-state index contributed by atoms with van der Waals surface area (Å²) in [4.78, 5) is 2.35. The molecule has 2 heteroatoms. The topological polar surface area (TPSA) is 23.5 Å². The number of aliphatic hydroxyl groups is 1. The van der Waals surface area contributed by atoms with Gasteiger partial charge in [0.2, 0.25) is 0 Å². The van der Waals surface area contributed by atoms with E-state index in [0.717, 1.165) is 25.1 Å². The number of likely N-dealkylation sites (tertiary alicyclic amines) is 1. The van der Waals surface area contributed by atoms with Crippen LogP contribution in [0.2, 0.25) is 0 Å². The molecule has 1 unspecified atom stereocenters. The molecule has 1 aromatic rings. The fourth-order valence-corrected chi connectivity index (χ4v) is 2.82. The van der Waals surface area contributed by atoms with E-state index in [2.05, 4.69) is 50.8 Å². The number of aryl methyl sites for hydroxylation is 2. The van der Waals surface area contributed by atoms with Gasteiger partial charge in [-0.1, -0.05) is 23.8 Å². The van der Waals surface area contributed by atoms with Gasteiger partial charge in [-0.2, -0.15) is 0 Å². The lowest BCUT2D eigenvalue weighted by Crippen LogP contribution is -2.34. The van der Waals surface area contributed by atoms with Crippen molar-refractivity contribution in [3.63, 3.8) is 0 Å². The molecule has 0 radical (unpaired) electrons. The summed E-state index contributed by atoms with van der Waals surface area (Å²) in [5.74, 6) is 0. The Morgan fingerprint density at radius 2 is 2.00 bits per heavy atom. The van der Waals surface area contributed by atoms with Crippen molar-refractivity contribution in [2.45, 2.75) is 45.8 Å². The third kappa shape index (κ3) is 2.38. The van der Waals surface area contributed by atoms with Crippen LogP contribution in [-0.2, 0) is 5.60 Å². The Balaban J connectivity index is 2.28. The molecular formula is C15H23NO. The number of hydrogen-bond acceptors (Lipinski definition) is 2. The van der Waals surface area contributed by atoms with E-state index < -0.39 is 5.60 Å². The van der Waals surface area contributed by atoms with Crippen molar-refractivity contribution < 1.29 is 5.11 Å². The predicted molar refractivity (Wildman–Crippen MR) is 71.1 cm³/mol. The molecule has 1 aliphatic heterocycles. The fraction of sp³-hybridized carbons (Fsp3) is 0.600. The average Bonchev–Trinajstić information content (AvgIpc) is 2.61. The molecule has 0 bridgehead atoms. The van der Waals surface area contributed by atoms with E-state index in [-0.39, 0.29) is 0 Å². The van der Waals surface area contributed by atoms with Gasteiger partial charge >= 0.3 is 0 Å². The first-order chi connectivity index (χ1) is 7.92. The predicted octanol–water partition coefficient (Wildman–Crippen LogP) is 2.61. The SMILES string of the molecule is Cc1ccc(C2(O)CCN(C(C)C)C2)c(C)c1. The molecule has 1 fully saturated rings. The van der Waals surface area contributed by atoms with Crippen LogP contribution < -0.4 is 0 Å². The van der Waals surface area contributed by atoms with Crippen LogP contribution in [0.25, 0.3) is 0 Å². The molecule has 94 valence electrons. The maximum Gasteiger partial charge on any atom is 0.104 e. The zero-order chi connectivity index (χ0) is 12.6. The van der Waals surface area contributed by atoms with Gasteiger partial charge in [0.15, 0.2) is 0 Å². The van der Waals surface area contributed by atoms with Gasteiger partial charge in [-0.05, 0) is 45.2 Å². The van der Waals surface area contributed by atoms with Crippen LogP contribution in [0.15, 0.2) is 18.2 Å². The van der Waals surface area contributed by atoms with Gasteiger partial charge in [0, 0.05) is 19.1 Å². The van der Waals surface area contributed by atoms with Crippen molar-refractivity contribution in [2.24, 2.45) is 0 Å². The highest BCUT2D eigenvalue weighted by molar-refractivity contribution is 5.35. The minimum Gasteiger partial charge on any atom is -0.384 e. The van der Waals surface area contributed by atoms with Gasteiger partial charge in [-0.3, -0.25) is 4.90 Å². The molecule has 1 atom stereocenters. The molecule has 2 rings (SSSR count). The van der Waals surface area contributed by atoms with Crippen molar-refractivity contribution >= 4 is 0 Å². The Morgan fingerprint density at radius 1 is 1.29 bits per heavy atom. The fourth-order valence-electron chi connectivity index (χ4n) is 2.82.